The first-order chi connectivity index (χ1) is 30.0. The minimum atomic E-state index is -0.787. The van der Waals surface area contributed by atoms with Gasteiger partial charge >= 0.3 is 17.9 Å². The van der Waals surface area contributed by atoms with Crippen molar-refractivity contribution in [2.75, 3.05) is 13.2 Å². The standard InChI is InChI=1S/C55H94O6/c1-4-7-10-13-15-17-19-21-22-23-24-25-26-27-28-29-30-31-32-34-35-37-39-42-45-48-54(57)60-51-52(50-59-53(56)47-44-41-12-9-6-3)61-55(58)49-46-43-40-38-36-33-20-18-16-14-11-8-5-2/h8,11,16,18-19,21,23-24,26-27,33,36,52H,4-7,9-10,12-15,17,20,22,25,28-32,34-35,37-51H2,1-3H3/b11-8-,18-16-,21-19-,24-23-,27-26-,36-33-. The number of carbonyl (C=O) groups excluding carboxylic acids is 3. The molecule has 0 aliphatic carbocycles. The fourth-order valence-corrected chi connectivity index (χ4v) is 6.87. The van der Waals surface area contributed by atoms with E-state index in [0.717, 1.165) is 103 Å². The first-order valence-electron chi connectivity index (χ1n) is 25.4. The van der Waals surface area contributed by atoms with E-state index in [0.29, 0.717) is 19.3 Å². The molecule has 6 heteroatoms. The van der Waals surface area contributed by atoms with Gasteiger partial charge in [0.05, 0.1) is 0 Å². The van der Waals surface area contributed by atoms with E-state index in [-0.39, 0.29) is 31.1 Å². The van der Waals surface area contributed by atoms with Crippen molar-refractivity contribution in [1.82, 2.24) is 0 Å². The summed E-state index contributed by atoms with van der Waals surface area (Å²) in [4.78, 5) is 37.6. The molecule has 0 saturated heterocycles. The minimum Gasteiger partial charge on any atom is -0.462 e. The van der Waals surface area contributed by atoms with Crippen LogP contribution in [0.4, 0.5) is 0 Å². The summed E-state index contributed by atoms with van der Waals surface area (Å²) in [5.74, 6) is -0.939. The molecular formula is C55H94O6. The maximum absolute atomic E-state index is 12.7. The molecule has 0 spiro atoms. The number of hydrogen-bond donors (Lipinski definition) is 0. The number of unbranched alkanes of at least 4 members (excludes halogenated alkanes) is 22. The van der Waals surface area contributed by atoms with Crippen LogP contribution in [-0.2, 0) is 28.6 Å². The molecule has 6 nitrogen and oxygen atoms in total. The molecule has 0 rings (SSSR count). The van der Waals surface area contributed by atoms with Crippen LogP contribution in [0.1, 0.15) is 239 Å². The van der Waals surface area contributed by atoms with Crippen molar-refractivity contribution in [3.8, 4) is 0 Å². The van der Waals surface area contributed by atoms with Gasteiger partial charge in [-0.25, -0.2) is 0 Å². The fraction of sp³-hybridized carbons (Fsp3) is 0.727. The summed E-state index contributed by atoms with van der Waals surface area (Å²) in [6.45, 7) is 6.39. The third-order valence-electron chi connectivity index (χ3n) is 10.7. The normalized spacial score (nSPS) is 12.6. The van der Waals surface area contributed by atoms with E-state index in [4.69, 9.17) is 14.2 Å². The lowest BCUT2D eigenvalue weighted by Crippen LogP contribution is -2.30. The molecule has 350 valence electrons. The Balaban J connectivity index is 4.12. The van der Waals surface area contributed by atoms with Crippen LogP contribution in [0.15, 0.2) is 72.9 Å². The highest BCUT2D eigenvalue weighted by Crippen LogP contribution is 2.14. The zero-order valence-electron chi connectivity index (χ0n) is 39.9. The molecule has 0 aromatic heterocycles. The molecule has 0 aliphatic heterocycles. The molecule has 0 amide bonds. The molecule has 0 aromatic carbocycles. The van der Waals surface area contributed by atoms with Crippen LogP contribution < -0.4 is 0 Å². The molecular weight excluding hydrogens is 757 g/mol. The maximum atomic E-state index is 12.7. The molecule has 0 N–H and O–H groups in total. The van der Waals surface area contributed by atoms with Gasteiger partial charge in [0, 0.05) is 19.3 Å². The van der Waals surface area contributed by atoms with E-state index < -0.39 is 6.10 Å². The van der Waals surface area contributed by atoms with Gasteiger partial charge < -0.3 is 14.2 Å². The third kappa shape index (κ3) is 47.7. The van der Waals surface area contributed by atoms with Crippen LogP contribution in [0.5, 0.6) is 0 Å². The second-order valence-corrected chi connectivity index (χ2v) is 16.7. The average molecular weight is 851 g/mol. The van der Waals surface area contributed by atoms with E-state index in [1.54, 1.807) is 0 Å². The molecule has 0 aliphatic rings. The smallest absolute Gasteiger partial charge is 0.306 e. The van der Waals surface area contributed by atoms with Crippen LogP contribution >= 0.6 is 0 Å². The Kier molecular flexibility index (Phi) is 46.9. The number of ether oxygens (including phenoxy) is 3. The molecule has 0 fully saturated rings. The molecule has 61 heavy (non-hydrogen) atoms. The first-order valence-corrected chi connectivity index (χ1v) is 25.4. The van der Waals surface area contributed by atoms with Gasteiger partial charge in [0.15, 0.2) is 6.10 Å². The van der Waals surface area contributed by atoms with Crippen LogP contribution in [0, 0.1) is 0 Å². The van der Waals surface area contributed by atoms with Crippen LogP contribution in [-0.4, -0.2) is 37.2 Å². The Labute approximate surface area is 376 Å². The van der Waals surface area contributed by atoms with Gasteiger partial charge in [-0.3, -0.25) is 14.4 Å². The van der Waals surface area contributed by atoms with E-state index >= 15 is 0 Å². The van der Waals surface area contributed by atoms with Crippen molar-refractivity contribution in [3.05, 3.63) is 72.9 Å². The monoisotopic (exact) mass is 851 g/mol. The van der Waals surface area contributed by atoms with Gasteiger partial charge in [-0.05, 0) is 89.9 Å². The number of rotatable bonds is 45. The minimum absolute atomic E-state index is 0.0896. The van der Waals surface area contributed by atoms with Gasteiger partial charge in [-0.15, -0.1) is 0 Å². The van der Waals surface area contributed by atoms with E-state index in [2.05, 4.69) is 93.7 Å². The highest BCUT2D eigenvalue weighted by atomic mass is 16.6. The molecule has 0 bridgehead atoms. The second-order valence-electron chi connectivity index (χ2n) is 16.7. The van der Waals surface area contributed by atoms with E-state index in [9.17, 15) is 14.4 Å². The fourth-order valence-electron chi connectivity index (χ4n) is 6.87. The molecule has 0 radical (unpaired) electrons. The molecule has 1 unspecified atom stereocenters. The average Bonchev–Trinajstić information content (AvgIpc) is 3.26. The summed E-state index contributed by atoms with van der Waals surface area (Å²) in [5.41, 5.74) is 0. The van der Waals surface area contributed by atoms with Gasteiger partial charge in [0.25, 0.3) is 0 Å². The van der Waals surface area contributed by atoms with Crippen molar-refractivity contribution in [1.29, 1.82) is 0 Å². The zero-order chi connectivity index (χ0) is 44.4. The van der Waals surface area contributed by atoms with Crippen LogP contribution in [0.2, 0.25) is 0 Å². The summed E-state index contributed by atoms with van der Waals surface area (Å²) in [7, 11) is 0. The Morgan fingerprint density at radius 3 is 1.02 bits per heavy atom. The van der Waals surface area contributed by atoms with Crippen LogP contribution in [0.25, 0.3) is 0 Å². The van der Waals surface area contributed by atoms with Crippen molar-refractivity contribution in [2.24, 2.45) is 0 Å². The van der Waals surface area contributed by atoms with Crippen LogP contribution in [0.3, 0.4) is 0 Å². The van der Waals surface area contributed by atoms with Gasteiger partial charge in [0.2, 0.25) is 0 Å². The van der Waals surface area contributed by atoms with E-state index in [1.807, 2.05) is 0 Å². The lowest BCUT2D eigenvalue weighted by Gasteiger charge is -2.18. The van der Waals surface area contributed by atoms with E-state index in [1.165, 1.54) is 96.3 Å². The SMILES string of the molecule is CC/C=C\C/C=C\C/C=C\CCCCCC(=O)OC(COC(=O)CCCCCCC)COC(=O)CCCCCCCCCCCC/C=C\C/C=C\C/C=C\CCCCCCC. The van der Waals surface area contributed by atoms with Crippen molar-refractivity contribution in [3.63, 3.8) is 0 Å². The first kappa shape index (κ1) is 57.9. The zero-order valence-corrected chi connectivity index (χ0v) is 39.9. The lowest BCUT2D eigenvalue weighted by molar-refractivity contribution is -0.167. The van der Waals surface area contributed by atoms with Gasteiger partial charge in [0.1, 0.15) is 13.2 Å². The number of hydrogen-bond acceptors (Lipinski definition) is 6. The number of carbonyl (C=O) groups is 3. The van der Waals surface area contributed by atoms with Gasteiger partial charge in [-0.1, -0.05) is 203 Å². The molecule has 1 atom stereocenters. The maximum Gasteiger partial charge on any atom is 0.306 e. The largest absolute Gasteiger partial charge is 0.462 e. The van der Waals surface area contributed by atoms with Gasteiger partial charge in [-0.2, -0.15) is 0 Å². The van der Waals surface area contributed by atoms with Crippen molar-refractivity contribution in [2.45, 2.75) is 245 Å². The molecule has 0 aromatic rings. The summed E-state index contributed by atoms with van der Waals surface area (Å²) in [6, 6.07) is 0. The summed E-state index contributed by atoms with van der Waals surface area (Å²) in [6.07, 6.45) is 62.2. The lowest BCUT2D eigenvalue weighted by atomic mass is 10.1. The van der Waals surface area contributed by atoms with Crippen molar-refractivity contribution < 1.29 is 28.6 Å². The Hall–Kier alpha value is -3.15. The number of allylic oxidation sites excluding steroid dienone is 12. The Morgan fingerprint density at radius 1 is 0.344 bits per heavy atom. The summed E-state index contributed by atoms with van der Waals surface area (Å²) in [5, 5.41) is 0. The Morgan fingerprint density at radius 2 is 0.639 bits per heavy atom. The predicted octanol–water partition coefficient (Wildman–Crippen LogP) is 16.6. The number of esters is 3. The predicted molar refractivity (Wildman–Crippen MR) is 261 cm³/mol. The highest BCUT2D eigenvalue weighted by Gasteiger charge is 2.19. The second kappa shape index (κ2) is 49.5. The molecule has 0 saturated carbocycles. The topological polar surface area (TPSA) is 78.9 Å². The summed E-state index contributed by atoms with van der Waals surface area (Å²) >= 11 is 0. The quantitative estimate of drug-likeness (QED) is 0.0263. The van der Waals surface area contributed by atoms with Crippen molar-refractivity contribution >= 4 is 17.9 Å². The molecule has 0 heterocycles. The third-order valence-corrected chi connectivity index (χ3v) is 10.7. The summed E-state index contributed by atoms with van der Waals surface area (Å²) < 4.78 is 16.6. The highest BCUT2D eigenvalue weighted by molar-refractivity contribution is 5.71. The Bertz CT molecular complexity index is 1160.